The normalized spacial score (nSPS) is 12.3. The molecule has 1 aromatic rings. The van der Waals surface area contributed by atoms with Crippen LogP contribution in [0.2, 0.25) is 0 Å². The topological polar surface area (TPSA) is 100 Å². The number of hydrogen-bond acceptors (Lipinski definition) is 5. The van der Waals surface area contributed by atoms with E-state index < -0.39 is 10.0 Å². The number of nitrogens with zero attached hydrogens (tertiary/aromatic N) is 3. The van der Waals surface area contributed by atoms with Gasteiger partial charge in [0, 0.05) is 25.7 Å². The Morgan fingerprint density at radius 2 is 2.06 bits per heavy atom. The Labute approximate surface area is 107 Å². The third-order valence-electron chi connectivity index (χ3n) is 2.40. The molecule has 0 aliphatic rings. The molecule has 0 unspecified atom stereocenters. The minimum Gasteiger partial charge on any atom is -0.382 e. The fourth-order valence-electron chi connectivity index (χ4n) is 1.67. The van der Waals surface area contributed by atoms with Gasteiger partial charge in [-0.05, 0) is 27.2 Å². The zero-order chi connectivity index (χ0) is 13.8. The summed E-state index contributed by atoms with van der Waals surface area (Å²) in [6.45, 7) is 6.94. The van der Waals surface area contributed by atoms with E-state index in [1.165, 1.54) is 0 Å². The van der Waals surface area contributed by atoms with Gasteiger partial charge in [0.25, 0.3) is 15.2 Å². The van der Waals surface area contributed by atoms with Gasteiger partial charge in [0.05, 0.1) is 0 Å². The van der Waals surface area contributed by atoms with Crippen molar-refractivity contribution in [2.24, 2.45) is 5.14 Å². The van der Waals surface area contributed by atoms with E-state index in [0.717, 1.165) is 6.42 Å². The highest BCUT2D eigenvalue weighted by Crippen LogP contribution is 2.15. The summed E-state index contributed by atoms with van der Waals surface area (Å²) >= 11 is 0. The van der Waals surface area contributed by atoms with Crippen molar-refractivity contribution < 1.29 is 13.2 Å². The summed E-state index contributed by atoms with van der Waals surface area (Å²) in [6, 6.07) is -0.0598. The molecule has 1 heterocycles. The zero-order valence-corrected chi connectivity index (χ0v) is 11.8. The molecule has 0 aliphatic carbocycles. The standard InChI is InChI=1S/C10H20N4O3S/c1-4-17-7-5-6-9-12-13-10(18(11,15)16)14(9)8(2)3/h8H,4-7H2,1-3H3,(H2,11,15,16). The summed E-state index contributed by atoms with van der Waals surface area (Å²) in [5, 5.41) is 12.5. The lowest BCUT2D eigenvalue weighted by Crippen LogP contribution is -2.20. The molecule has 0 aromatic carbocycles. The molecular weight excluding hydrogens is 256 g/mol. The highest BCUT2D eigenvalue weighted by atomic mass is 32.2. The molecular formula is C10H20N4O3S. The lowest BCUT2D eigenvalue weighted by Gasteiger charge is -2.12. The van der Waals surface area contributed by atoms with Crippen LogP contribution in [-0.4, -0.2) is 36.4 Å². The maximum atomic E-state index is 11.4. The second-order valence-electron chi connectivity index (χ2n) is 4.21. The average molecular weight is 276 g/mol. The van der Waals surface area contributed by atoms with Crippen LogP contribution in [0.15, 0.2) is 5.16 Å². The summed E-state index contributed by atoms with van der Waals surface area (Å²) in [5.41, 5.74) is 0. The second-order valence-corrected chi connectivity index (χ2v) is 5.66. The fourth-order valence-corrected chi connectivity index (χ4v) is 2.41. The van der Waals surface area contributed by atoms with Crippen molar-refractivity contribution in [2.75, 3.05) is 13.2 Å². The molecule has 1 rings (SSSR count). The van der Waals surface area contributed by atoms with E-state index in [2.05, 4.69) is 10.2 Å². The van der Waals surface area contributed by atoms with Gasteiger partial charge in [-0.2, -0.15) is 0 Å². The van der Waals surface area contributed by atoms with Gasteiger partial charge in [-0.25, -0.2) is 13.6 Å². The fraction of sp³-hybridized carbons (Fsp3) is 0.800. The Hall–Kier alpha value is -0.990. The van der Waals surface area contributed by atoms with Crippen LogP contribution in [0, 0.1) is 0 Å². The van der Waals surface area contributed by atoms with Crippen molar-refractivity contribution in [3.05, 3.63) is 5.82 Å². The van der Waals surface area contributed by atoms with Crippen molar-refractivity contribution in [3.8, 4) is 0 Å². The van der Waals surface area contributed by atoms with Gasteiger partial charge in [-0.1, -0.05) is 0 Å². The molecule has 7 nitrogen and oxygen atoms in total. The number of hydrogen-bond donors (Lipinski definition) is 1. The van der Waals surface area contributed by atoms with Crippen molar-refractivity contribution in [1.82, 2.24) is 14.8 Å². The summed E-state index contributed by atoms with van der Waals surface area (Å²) in [7, 11) is -3.83. The SMILES string of the molecule is CCOCCCc1nnc(S(N)(=O)=O)n1C(C)C. The van der Waals surface area contributed by atoms with Gasteiger partial charge in [-0.3, -0.25) is 4.57 Å². The first kappa shape index (κ1) is 15.1. The van der Waals surface area contributed by atoms with Crippen LogP contribution in [0.1, 0.15) is 39.1 Å². The molecule has 0 saturated carbocycles. The third-order valence-corrected chi connectivity index (χ3v) is 3.19. The molecule has 8 heteroatoms. The highest BCUT2D eigenvalue weighted by Gasteiger charge is 2.22. The van der Waals surface area contributed by atoms with Crippen LogP contribution in [0.4, 0.5) is 0 Å². The van der Waals surface area contributed by atoms with Gasteiger partial charge in [0.1, 0.15) is 5.82 Å². The van der Waals surface area contributed by atoms with Gasteiger partial charge in [-0.15, -0.1) is 10.2 Å². The number of nitrogens with two attached hydrogens (primary N) is 1. The Morgan fingerprint density at radius 3 is 2.56 bits per heavy atom. The summed E-state index contributed by atoms with van der Waals surface area (Å²) in [4.78, 5) is 0. The molecule has 0 amide bonds. The van der Waals surface area contributed by atoms with Crippen molar-refractivity contribution in [2.45, 2.75) is 44.8 Å². The molecule has 0 saturated heterocycles. The zero-order valence-electron chi connectivity index (χ0n) is 11.0. The maximum Gasteiger partial charge on any atom is 0.273 e. The molecule has 1 aromatic heterocycles. The Morgan fingerprint density at radius 1 is 1.39 bits per heavy atom. The van der Waals surface area contributed by atoms with E-state index in [-0.39, 0.29) is 11.2 Å². The summed E-state index contributed by atoms with van der Waals surface area (Å²) in [5.74, 6) is 0.619. The largest absolute Gasteiger partial charge is 0.382 e. The first-order valence-electron chi connectivity index (χ1n) is 5.92. The van der Waals surface area contributed by atoms with Gasteiger partial charge < -0.3 is 4.74 Å². The molecule has 0 atom stereocenters. The molecule has 0 radical (unpaired) electrons. The summed E-state index contributed by atoms with van der Waals surface area (Å²) < 4.78 is 29.5. The van der Waals surface area contributed by atoms with Gasteiger partial charge in [0.15, 0.2) is 0 Å². The van der Waals surface area contributed by atoms with Crippen LogP contribution in [-0.2, 0) is 21.2 Å². The van der Waals surface area contributed by atoms with Crippen LogP contribution in [0.25, 0.3) is 0 Å². The van der Waals surface area contributed by atoms with Crippen molar-refractivity contribution in [3.63, 3.8) is 0 Å². The van der Waals surface area contributed by atoms with Crippen molar-refractivity contribution in [1.29, 1.82) is 0 Å². The quantitative estimate of drug-likeness (QED) is 0.730. The van der Waals surface area contributed by atoms with E-state index in [0.29, 0.717) is 25.5 Å². The lowest BCUT2D eigenvalue weighted by atomic mass is 10.3. The number of primary sulfonamides is 1. The smallest absolute Gasteiger partial charge is 0.273 e. The lowest BCUT2D eigenvalue weighted by molar-refractivity contribution is 0.144. The first-order chi connectivity index (χ1) is 8.38. The molecule has 0 aliphatic heterocycles. The number of aryl methyl sites for hydroxylation is 1. The minimum atomic E-state index is -3.83. The highest BCUT2D eigenvalue weighted by molar-refractivity contribution is 7.89. The Kier molecular flexibility index (Phi) is 5.24. The monoisotopic (exact) mass is 276 g/mol. The molecule has 0 fully saturated rings. The van der Waals surface area contributed by atoms with Crippen molar-refractivity contribution >= 4 is 10.0 Å². The van der Waals surface area contributed by atoms with E-state index in [9.17, 15) is 8.42 Å². The average Bonchev–Trinajstić information content (AvgIpc) is 2.67. The Balaban J connectivity index is 2.89. The number of ether oxygens (including phenoxy) is 1. The minimum absolute atomic E-state index is 0.0598. The van der Waals surface area contributed by atoms with Crippen LogP contribution in [0.5, 0.6) is 0 Å². The summed E-state index contributed by atoms with van der Waals surface area (Å²) in [6.07, 6.45) is 1.38. The molecule has 0 spiro atoms. The molecule has 18 heavy (non-hydrogen) atoms. The number of rotatable bonds is 7. The molecule has 2 N–H and O–H groups in total. The first-order valence-corrected chi connectivity index (χ1v) is 7.46. The Bertz CT molecular complexity index is 481. The number of aromatic nitrogens is 3. The maximum absolute atomic E-state index is 11.4. The van der Waals surface area contributed by atoms with Gasteiger partial charge in [0.2, 0.25) is 0 Å². The van der Waals surface area contributed by atoms with E-state index >= 15 is 0 Å². The predicted molar refractivity (Wildman–Crippen MR) is 66.6 cm³/mol. The van der Waals surface area contributed by atoms with Crippen LogP contribution in [0.3, 0.4) is 0 Å². The van der Waals surface area contributed by atoms with E-state index in [1.54, 1.807) is 4.57 Å². The number of sulfonamides is 1. The molecule has 0 bridgehead atoms. The van der Waals surface area contributed by atoms with E-state index in [4.69, 9.17) is 9.88 Å². The third kappa shape index (κ3) is 3.76. The van der Waals surface area contributed by atoms with Gasteiger partial charge >= 0.3 is 0 Å². The second kappa shape index (κ2) is 6.26. The van der Waals surface area contributed by atoms with E-state index in [1.807, 2.05) is 20.8 Å². The molecule has 104 valence electrons. The van der Waals surface area contributed by atoms with Crippen LogP contribution < -0.4 is 5.14 Å². The predicted octanol–water partition coefficient (Wildman–Crippen LogP) is 0.476. The van der Waals surface area contributed by atoms with Crippen LogP contribution >= 0.6 is 0 Å².